The molecule has 146 valence electrons. The number of hydrogen-bond acceptors (Lipinski definition) is 6. The molecule has 29 heavy (non-hydrogen) atoms. The first-order valence-corrected chi connectivity index (χ1v) is 9.24. The number of rotatable bonds is 5. The fourth-order valence-electron chi connectivity index (χ4n) is 3.12. The molecular formula is C21H19N5O3. The Labute approximate surface area is 166 Å². The second-order valence-corrected chi connectivity index (χ2v) is 6.51. The van der Waals surface area contributed by atoms with Crippen LogP contribution in [0.15, 0.2) is 57.8 Å². The zero-order valence-electron chi connectivity index (χ0n) is 16.0. The molecule has 2 aromatic carbocycles. The third-order valence-corrected chi connectivity index (χ3v) is 4.59. The lowest BCUT2D eigenvalue weighted by Crippen LogP contribution is -2.23. The van der Waals surface area contributed by atoms with Crippen LogP contribution in [0.2, 0.25) is 0 Å². The molecule has 4 rings (SSSR count). The molecule has 0 spiro atoms. The van der Waals surface area contributed by atoms with Crippen molar-refractivity contribution in [2.24, 2.45) is 0 Å². The third kappa shape index (κ3) is 3.64. The predicted octanol–water partition coefficient (Wildman–Crippen LogP) is 2.70. The van der Waals surface area contributed by atoms with Crippen LogP contribution in [0.4, 0.5) is 0 Å². The van der Waals surface area contributed by atoms with E-state index in [0.717, 1.165) is 11.1 Å². The minimum Gasteiger partial charge on any atom is -0.343 e. The van der Waals surface area contributed by atoms with Gasteiger partial charge in [0.05, 0.1) is 17.6 Å². The summed E-state index contributed by atoms with van der Waals surface area (Å²) in [5, 5.41) is 6.75. The SMILES string of the molecule is CCn1c(=O)c(C)nc2cc(-c3noc(CNC(=O)c4ccccc4)n3)ccc21. The van der Waals surface area contributed by atoms with Gasteiger partial charge in [-0.15, -0.1) is 0 Å². The van der Waals surface area contributed by atoms with E-state index < -0.39 is 0 Å². The predicted molar refractivity (Wildman–Crippen MR) is 107 cm³/mol. The van der Waals surface area contributed by atoms with Gasteiger partial charge in [0, 0.05) is 17.7 Å². The molecule has 0 atom stereocenters. The van der Waals surface area contributed by atoms with Gasteiger partial charge in [-0.1, -0.05) is 23.4 Å². The highest BCUT2D eigenvalue weighted by Crippen LogP contribution is 2.21. The van der Waals surface area contributed by atoms with E-state index in [9.17, 15) is 9.59 Å². The van der Waals surface area contributed by atoms with E-state index in [-0.39, 0.29) is 18.0 Å². The molecule has 0 saturated carbocycles. The van der Waals surface area contributed by atoms with E-state index in [4.69, 9.17) is 4.52 Å². The summed E-state index contributed by atoms with van der Waals surface area (Å²) < 4.78 is 6.94. The second kappa shape index (κ2) is 7.67. The molecule has 8 heteroatoms. The number of amides is 1. The second-order valence-electron chi connectivity index (χ2n) is 6.51. The maximum atomic E-state index is 12.2. The first-order chi connectivity index (χ1) is 14.1. The van der Waals surface area contributed by atoms with Crippen molar-refractivity contribution in [3.8, 4) is 11.4 Å². The van der Waals surface area contributed by atoms with Gasteiger partial charge in [0.2, 0.25) is 11.7 Å². The highest BCUT2D eigenvalue weighted by Gasteiger charge is 2.13. The van der Waals surface area contributed by atoms with Crippen LogP contribution in [-0.4, -0.2) is 25.6 Å². The van der Waals surface area contributed by atoms with Gasteiger partial charge in [-0.3, -0.25) is 9.59 Å². The van der Waals surface area contributed by atoms with Crippen molar-refractivity contribution in [1.82, 2.24) is 25.0 Å². The van der Waals surface area contributed by atoms with Crippen molar-refractivity contribution in [2.45, 2.75) is 26.9 Å². The Morgan fingerprint density at radius 3 is 2.69 bits per heavy atom. The van der Waals surface area contributed by atoms with Crippen molar-refractivity contribution in [3.05, 3.63) is 76.0 Å². The molecule has 0 radical (unpaired) electrons. The molecule has 2 aromatic heterocycles. The van der Waals surface area contributed by atoms with Crippen LogP contribution < -0.4 is 10.9 Å². The Morgan fingerprint density at radius 2 is 1.93 bits per heavy atom. The van der Waals surface area contributed by atoms with Crippen LogP contribution >= 0.6 is 0 Å². The molecule has 0 unspecified atom stereocenters. The monoisotopic (exact) mass is 389 g/mol. The van der Waals surface area contributed by atoms with Gasteiger partial charge in [0.25, 0.3) is 11.5 Å². The molecule has 8 nitrogen and oxygen atoms in total. The Hall–Kier alpha value is -3.81. The lowest BCUT2D eigenvalue weighted by atomic mass is 10.1. The van der Waals surface area contributed by atoms with Crippen LogP contribution in [0, 0.1) is 6.92 Å². The molecule has 0 bridgehead atoms. The van der Waals surface area contributed by atoms with Crippen LogP contribution in [0.1, 0.15) is 28.9 Å². The van der Waals surface area contributed by atoms with Crippen molar-refractivity contribution < 1.29 is 9.32 Å². The van der Waals surface area contributed by atoms with Crippen LogP contribution in [0.25, 0.3) is 22.4 Å². The standard InChI is InChI=1S/C21H19N5O3/c1-3-26-17-10-9-15(11-16(17)23-13(2)21(26)28)19-24-18(29-25-19)12-22-20(27)14-7-5-4-6-8-14/h4-11H,3,12H2,1-2H3,(H,22,27). The first kappa shape index (κ1) is 18.5. The topological polar surface area (TPSA) is 103 Å². The first-order valence-electron chi connectivity index (χ1n) is 9.24. The van der Waals surface area contributed by atoms with E-state index in [0.29, 0.717) is 35.0 Å². The molecule has 1 N–H and O–H groups in total. The third-order valence-electron chi connectivity index (χ3n) is 4.59. The number of nitrogens with zero attached hydrogens (tertiary/aromatic N) is 4. The van der Waals surface area contributed by atoms with Gasteiger partial charge in [-0.2, -0.15) is 4.98 Å². The molecule has 1 amide bonds. The van der Waals surface area contributed by atoms with Gasteiger partial charge in [0.15, 0.2) is 0 Å². The largest absolute Gasteiger partial charge is 0.343 e. The number of nitrogens with one attached hydrogen (secondary N) is 1. The molecule has 0 aliphatic rings. The van der Waals surface area contributed by atoms with E-state index >= 15 is 0 Å². The fraction of sp³-hybridized carbons (Fsp3) is 0.190. The molecule has 0 aliphatic heterocycles. The summed E-state index contributed by atoms with van der Waals surface area (Å²) in [4.78, 5) is 33.1. The van der Waals surface area contributed by atoms with Crippen LogP contribution in [0.3, 0.4) is 0 Å². The van der Waals surface area contributed by atoms with Gasteiger partial charge in [-0.25, -0.2) is 4.98 Å². The molecular weight excluding hydrogens is 370 g/mol. The molecule has 0 aliphatic carbocycles. The zero-order valence-corrected chi connectivity index (χ0v) is 16.0. The van der Waals surface area contributed by atoms with Crippen LogP contribution in [-0.2, 0) is 13.1 Å². The number of carbonyl (C=O) groups is 1. The minimum atomic E-state index is -0.215. The van der Waals surface area contributed by atoms with Gasteiger partial charge < -0.3 is 14.4 Å². The number of aryl methyl sites for hydroxylation is 2. The summed E-state index contributed by atoms with van der Waals surface area (Å²) in [5.41, 5.74) is 3.06. The smallest absolute Gasteiger partial charge is 0.272 e. The van der Waals surface area contributed by atoms with E-state index in [1.165, 1.54) is 0 Å². The van der Waals surface area contributed by atoms with E-state index in [2.05, 4.69) is 20.4 Å². The summed E-state index contributed by atoms with van der Waals surface area (Å²) >= 11 is 0. The normalized spacial score (nSPS) is 11.0. The number of aromatic nitrogens is 4. The number of hydrogen-bond donors (Lipinski definition) is 1. The Kier molecular flexibility index (Phi) is 4.90. The summed E-state index contributed by atoms with van der Waals surface area (Å²) in [6.45, 7) is 4.30. The Balaban J connectivity index is 1.56. The highest BCUT2D eigenvalue weighted by atomic mass is 16.5. The Morgan fingerprint density at radius 1 is 1.14 bits per heavy atom. The number of benzene rings is 2. The fourth-order valence-corrected chi connectivity index (χ4v) is 3.12. The van der Waals surface area contributed by atoms with Gasteiger partial charge >= 0.3 is 0 Å². The molecule has 0 saturated heterocycles. The average Bonchev–Trinajstić information content (AvgIpc) is 3.22. The maximum absolute atomic E-state index is 12.2. The number of carbonyl (C=O) groups excluding carboxylic acids is 1. The zero-order chi connectivity index (χ0) is 20.4. The minimum absolute atomic E-state index is 0.0937. The van der Waals surface area contributed by atoms with Crippen molar-refractivity contribution in [2.75, 3.05) is 0 Å². The van der Waals surface area contributed by atoms with Crippen molar-refractivity contribution in [1.29, 1.82) is 0 Å². The average molecular weight is 389 g/mol. The van der Waals surface area contributed by atoms with Crippen molar-refractivity contribution in [3.63, 3.8) is 0 Å². The van der Waals surface area contributed by atoms with Crippen molar-refractivity contribution >= 4 is 16.9 Å². The Bertz CT molecular complexity index is 1240. The summed E-state index contributed by atoms with van der Waals surface area (Å²) in [5.74, 6) is 0.477. The van der Waals surface area contributed by atoms with E-state index in [1.807, 2.05) is 31.2 Å². The lowest BCUT2D eigenvalue weighted by Gasteiger charge is -2.09. The molecule has 4 aromatic rings. The summed E-state index contributed by atoms with van der Waals surface area (Å²) in [7, 11) is 0. The van der Waals surface area contributed by atoms with Crippen LogP contribution in [0.5, 0.6) is 0 Å². The summed E-state index contributed by atoms with van der Waals surface area (Å²) in [6.07, 6.45) is 0. The maximum Gasteiger partial charge on any atom is 0.272 e. The lowest BCUT2D eigenvalue weighted by molar-refractivity contribution is 0.0946. The number of fused-ring (bicyclic) bond motifs is 1. The van der Waals surface area contributed by atoms with E-state index in [1.54, 1.807) is 35.8 Å². The molecule has 2 heterocycles. The van der Waals surface area contributed by atoms with Gasteiger partial charge in [-0.05, 0) is 44.2 Å². The highest BCUT2D eigenvalue weighted by molar-refractivity contribution is 5.94. The van der Waals surface area contributed by atoms with Gasteiger partial charge in [0.1, 0.15) is 5.69 Å². The summed E-state index contributed by atoms with van der Waals surface area (Å²) in [6, 6.07) is 14.4. The molecule has 0 fully saturated rings. The quantitative estimate of drug-likeness (QED) is 0.563.